The first-order valence-corrected chi connectivity index (χ1v) is 6.72. The molecule has 3 aromatic rings. The lowest BCUT2D eigenvalue weighted by Crippen LogP contribution is -2.02. The van der Waals surface area contributed by atoms with Crippen LogP contribution >= 0.6 is 0 Å². The quantitative estimate of drug-likeness (QED) is 0.695. The Morgan fingerprint density at radius 2 is 1.77 bits per heavy atom. The zero-order chi connectivity index (χ0) is 15.5. The molecule has 1 aromatic heterocycles. The van der Waals surface area contributed by atoms with Gasteiger partial charge in [-0.15, -0.1) is 0 Å². The molecule has 0 fully saturated rings. The number of carbonyl (C=O) groups is 1. The van der Waals surface area contributed by atoms with E-state index in [0.717, 1.165) is 10.9 Å². The number of hydrogen-bond donors (Lipinski definition) is 0. The van der Waals surface area contributed by atoms with Crippen molar-refractivity contribution in [2.75, 3.05) is 14.2 Å². The van der Waals surface area contributed by atoms with Crippen LogP contribution in [0.1, 0.15) is 10.4 Å². The van der Waals surface area contributed by atoms with Crippen LogP contribution in [0.2, 0.25) is 0 Å². The van der Waals surface area contributed by atoms with Gasteiger partial charge in [-0.25, -0.2) is 9.78 Å². The summed E-state index contributed by atoms with van der Waals surface area (Å²) in [6.45, 7) is 0. The van der Waals surface area contributed by atoms with Crippen LogP contribution in [0.25, 0.3) is 22.3 Å². The molecule has 0 aliphatic heterocycles. The van der Waals surface area contributed by atoms with Crippen LogP contribution in [0.5, 0.6) is 5.88 Å². The van der Waals surface area contributed by atoms with Crippen molar-refractivity contribution < 1.29 is 14.3 Å². The number of benzene rings is 2. The van der Waals surface area contributed by atoms with Crippen molar-refractivity contribution in [1.29, 1.82) is 0 Å². The second kappa shape index (κ2) is 5.81. The van der Waals surface area contributed by atoms with E-state index in [0.29, 0.717) is 22.8 Å². The number of methoxy groups -OCH3 is 2. The number of aromatic nitrogens is 2. The Morgan fingerprint density at radius 3 is 2.45 bits per heavy atom. The molecular weight excluding hydrogens is 280 g/mol. The van der Waals surface area contributed by atoms with Crippen molar-refractivity contribution in [3.05, 3.63) is 54.1 Å². The molecule has 0 spiro atoms. The van der Waals surface area contributed by atoms with E-state index >= 15 is 0 Å². The van der Waals surface area contributed by atoms with E-state index in [2.05, 4.69) is 9.97 Å². The van der Waals surface area contributed by atoms with Crippen LogP contribution in [0.15, 0.2) is 48.5 Å². The van der Waals surface area contributed by atoms with Gasteiger partial charge in [0.15, 0.2) is 5.82 Å². The Hall–Kier alpha value is -2.95. The zero-order valence-electron chi connectivity index (χ0n) is 12.2. The molecule has 2 aromatic carbocycles. The highest BCUT2D eigenvalue weighted by Crippen LogP contribution is 2.27. The van der Waals surface area contributed by atoms with E-state index in [1.807, 2.05) is 30.3 Å². The van der Waals surface area contributed by atoms with Gasteiger partial charge in [0.1, 0.15) is 0 Å². The number of carbonyl (C=O) groups excluding carboxylic acids is 1. The first-order valence-electron chi connectivity index (χ1n) is 6.72. The smallest absolute Gasteiger partial charge is 0.337 e. The van der Waals surface area contributed by atoms with Crippen molar-refractivity contribution >= 4 is 16.9 Å². The number of hydrogen-bond acceptors (Lipinski definition) is 5. The summed E-state index contributed by atoms with van der Waals surface area (Å²) in [5, 5.41) is 0.745. The molecule has 110 valence electrons. The Kier molecular flexibility index (Phi) is 3.70. The summed E-state index contributed by atoms with van der Waals surface area (Å²) in [5.74, 6) is 0.618. The molecule has 0 saturated heterocycles. The summed E-state index contributed by atoms with van der Waals surface area (Å²) in [4.78, 5) is 20.6. The summed E-state index contributed by atoms with van der Waals surface area (Å²) >= 11 is 0. The van der Waals surface area contributed by atoms with Crippen LogP contribution in [0.3, 0.4) is 0 Å². The summed E-state index contributed by atoms with van der Waals surface area (Å²) in [5.41, 5.74) is 1.95. The minimum Gasteiger partial charge on any atom is -0.480 e. The van der Waals surface area contributed by atoms with E-state index in [1.54, 1.807) is 25.3 Å². The minimum absolute atomic E-state index is 0.402. The van der Waals surface area contributed by atoms with E-state index < -0.39 is 5.97 Å². The first kappa shape index (κ1) is 14.0. The Bertz CT molecular complexity index is 832. The van der Waals surface area contributed by atoms with Crippen molar-refractivity contribution in [2.24, 2.45) is 0 Å². The third-order valence-electron chi connectivity index (χ3n) is 3.31. The van der Waals surface area contributed by atoms with Crippen LogP contribution in [0, 0.1) is 0 Å². The van der Waals surface area contributed by atoms with Crippen LogP contribution in [-0.4, -0.2) is 30.2 Å². The highest BCUT2D eigenvalue weighted by Gasteiger charge is 2.13. The highest BCUT2D eigenvalue weighted by atomic mass is 16.5. The molecule has 0 bridgehead atoms. The molecule has 0 radical (unpaired) electrons. The Balaban J connectivity index is 2.22. The van der Waals surface area contributed by atoms with Gasteiger partial charge >= 0.3 is 5.97 Å². The average Bonchev–Trinajstić information content (AvgIpc) is 2.60. The molecule has 0 atom stereocenters. The number of rotatable bonds is 3. The zero-order valence-corrected chi connectivity index (χ0v) is 12.2. The molecule has 3 rings (SSSR count). The van der Waals surface area contributed by atoms with Crippen LogP contribution in [0.4, 0.5) is 0 Å². The average molecular weight is 294 g/mol. The normalized spacial score (nSPS) is 10.5. The number of fused-ring (bicyclic) bond motifs is 1. The lowest BCUT2D eigenvalue weighted by Gasteiger charge is -2.08. The second-order valence-corrected chi connectivity index (χ2v) is 4.65. The van der Waals surface area contributed by atoms with Gasteiger partial charge in [-0.3, -0.25) is 0 Å². The van der Waals surface area contributed by atoms with Gasteiger partial charge in [0.05, 0.1) is 30.7 Å². The van der Waals surface area contributed by atoms with Crippen molar-refractivity contribution in [1.82, 2.24) is 9.97 Å². The number of esters is 1. The van der Waals surface area contributed by atoms with Gasteiger partial charge in [0, 0.05) is 5.56 Å². The predicted octanol–water partition coefficient (Wildman–Crippen LogP) is 3.09. The van der Waals surface area contributed by atoms with E-state index in [-0.39, 0.29) is 0 Å². The molecule has 0 saturated carbocycles. The number of ether oxygens (including phenoxy) is 2. The molecule has 0 aliphatic carbocycles. The van der Waals surface area contributed by atoms with Gasteiger partial charge in [-0.05, 0) is 18.2 Å². The topological polar surface area (TPSA) is 61.3 Å². The van der Waals surface area contributed by atoms with Gasteiger partial charge < -0.3 is 9.47 Å². The summed E-state index contributed by atoms with van der Waals surface area (Å²) in [6, 6.07) is 14.7. The monoisotopic (exact) mass is 294 g/mol. The molecule has 5 nitrogen and oxygen atoms in total. The molecule has 0 unspecified atom stereocenters. The van der Waals surface area contributed by atoms with Crippen LogP contribution < -0.4 is 4.74 Å². The summed E-state index contributed by atoms with van der Waals surface area (Å²) in [6.07, 6.45) is 0. The largest absolute Gasteiger partial charge is 0.480 e. The molecular formula is C17H14N2O3. The van der Waals surface area contributed by atoms with Crippen molar-refractivity contribution in [2.45, 2.75) is 0 Å². The number of nitrogens with zero attached hydrogens (tertiary/aromatic N) is 2. The third kappa shape index (κ3) is 2.48. The molecule has 0 amide bonds. The van der Waals surface area contributed by atoms with Crippen LogP contribution in [-0.2, 0) is 4.74 Å². The predicted molar refractivity (Wildman–Crippen MR) is 82.9 cm³/mol. The molecule has 22 heavy (non-hydrogen) atoms. The van der Waals surface area contributed by atoms with Crippen molar-refractivity contribution in [3.8, 4) is 17.3 Å². The maximum atomic E-state index is 11.7. The molecule has 1 heterocycles. The van der Waals surface area contributed by atoms with E-state index in [9.17, 15) is 4.79 Å². The maximum absolute atomic E-state index is 11.7. The minimum atomic E-state index is -0.402. The van der Waals surface area contributed by atoms with Gasteiger partial charge in [0.25, 0.3) is 0 Å². The summed E-state index contributed by atoms with van der Waals surface area (Å²) in [7, 11) is 2.91. The maximum Gasteiger partial charge on any atom is 0.337 e. The SMILES string of the molecule is COC(=O)c1ccc2c(OC)nc(-c3ccccc3)nc2c1. The standard InChI is InChI=1S/C17H14N2O3/c1-21-16-13-9-8-12(17(20)22-2)10-14(13)18-15(19-16)11-6-4-3-5-7-11/h3-10H,1-2H3. The first-order chi connectivity index (χ1) is 10.7. The van der Waals surface area contributed by atoms with Gasteiger partial charge in [0.2, 0.25) is 5.88 Å². The third-order valence-corrected chi connectivity index (χ3v) is 3.31. The fourth-order valence-corrected chi connectivity index (χ4v) is 2.22. The fraction of sp³-hybridized carbons (Fsp3) is 0.118. The Morgan fingerprint density at radius 1 is 1.00 bits per heavy atom. The fourth-order valence-electron chi connectivity index (χ4n) is 2.22. The Labute approximate surface area is 127 Å². The highest BCUT2D eigenvalue weighted by molar-refractivity contribution is 5.95. The van der Waals surface area contributed by atoms with E-state index in [1.165, 1.54) is 7.11 Å². The molecule has 5 heteroatoms. The summed E-state index contributed by atoms with van der Waals surface area (Å²) < 4.78 is 10.1. The molecule has 0 N–H and O–H groups in total. The van der Waals surface area contributed by atoms with E-state index in [4.69, 9.17) is 9.47 Å². The lowest BCUT2D eigenvalue weighted by molar-refractivity contribution is 0.0601. The lowest BCUT2D eigenvalue weighted by atomic mass is 10.1. The van der Waals surface area contributed by atoms with Gasteiger partial charge in [-0.1, -0.05) is 30.3 Å². The van der Waals surface area contributed by atoms with Gasteiger partial charge in [-0.2, -0.15) is 4.98 Å². The second-order valence-electron chi connectivity index (χ2n) is 4.65. The van der Waals surface area contributed by atoms with Crippen molar-refractivity contribution in [3.63, 3.8) is 0 Å². The molecule has 0 aliphatic rings.